The lowest BCUT2D eigenvalue weighted by Crippen LogP contribution is -2.40. The molecule has 0 saturated carbocycles. The maximum atomic E-state index is 12.4. The first-order chi connectivity index (χ1) is 9.06. The van der Waals surface area contributed by atoms with Gasteiger partial charge in [-0.05, 0) is 33.2 Å². The largest absolute Gasteiger partial charge is 0.331 e. The molecule has 0 bridgehead atoms. The van der Waals surface area contributed by atoms with E-state index in [-0.39, 0.29) is 11.2 Å². The van der Waals surface area contributed by atoms with Crippen LogP contribution in [0.4, 0.5) is 0 Å². The predicted octanol–water partition coefficient (Wildman–Crippen LogP) is 0.745. The average Bonchev–Trinajstić information content (AvgIpc) is 2.39. The highest BCUT2D eigenvalue weighted by Gasteiger charge is 2.11. The highest BCUT2D eigenvalue weighted by atomic mass is 16.2. The molecule has 1 aromatic carbocycles. The molecule has 0 unspecified atom stereocenters. The van der Waals surface area contributed by atoms with Gasteiger partial charge in [0.25, 0.3) is 5.56 Å². The molecule has 0 aliphatic heterocycles. The van der Waals surface area contributed by atoms with E-state index in [1.807, 2.05) is 44.1 Å². The minimum absolute atomic E-state index is 0.204. The fraction of sp³-hybridized carbons (Fsp3) is 0.429. The third kappa shape index (κ3) is 2.46. The SMILES string of the molecule is CCn1c(=O)c2ccccc2n(CCN(C)C)c1=O. The van der Waals surface area contributed by atoms with Crippen molar-refractivity contribution in [3.63, 3.8) is 0 Å². The Bertz CT molecular complexity index is 698. The van der Waals surface area contributed by atoms with Crippen LogP contribution in [0.25, 0.3) is 10.9 Å². The van der Waals surface area contributed by atoms with Crippen molar-refractivity contribution in [1.82, 2.24) is 14.0 Å². The van der Waals surface area contributed by atoms with Crippen molar-refractivity contribution in [3.05, 3.63) is 45.1 Å². The molecule has 2 rings (SSSR count). The van der Waals surface area contributed by atoms with Crippen LogP contribution >= 0.6 is 0 Å². The van der Waals surface area contributed by atoms with Crippen LogP contribution in [0.1, 0.15) is 6.92 Å². The van der Waals surface area contributed by atoms with E-state index in [1.165, 1.54) is 4.57 Å². The minimum Gasteiger partial charge on any atom is -0.308 e. The third-order valence-corrected chi connectivity index (χ3v) is 3.22. The summed E-state index contributed by atoms with van der Waals surface area (Å²) in [4.78, 5) is 26.6. The molecule has 0 spiro atoms. The molecule has 0 aliphatic rings. The van der Waals surface area contributed by atoms with E-state index < -0.39 is 0 Å². The molecule has 1 heterocycles. The molecule has 5 heteroatoms. The van der Waals surface area contributed by atoms with E-state index >= 15 is 0 Å². The lowest BCUT2D eigenvalue weighted by Gasteiger charge is -2.15. The summed E-state index contributed by atoms with van der Waals surface area (Å²) in [5.74, 6) is 0. The van der Waals surface area contributed by atoms with Gasteiger partial charge < -0.3 is 4.90 Å². The van der Waals surface area contributed by atoms with Gasteiger partial charge in [-0.3, -0.25) is 13.9 Å². The van der Waals surface area contributed by atoms with Crippen LogP contribution in [0.3, 0.4) is 0 Å². The molecule has 102 valence electrons. The highest BCUT2D eigenvalue weighted by Crippen LogP contribution is 2.07. The zero-order valence-corrected chi connectivity index (χ0v) is 11.6. The van der Waals surface area contributed by atoms with Gasteiger partial charge in [-0.25, -0.2) is 4.79 Å². The van der Waals surface area contributed by atoms with Crippen molar-refractivity contribution < 1.29 is 0 Å². The molecular weight excluding hydrogens is 242 g/mol. The van der Waals surface area contributed by atoms with E-state index in [1.54, 1.807) is 10.6 Å². The van der Waals surface area contributed by atoms with Gasteiger partial charge in [0.2, 0.25) is 0 Å². The van der Waals surface area contributed by atoms with Gasteiger partial charge in [0.1, 0.15) is 0 Å². The number of nitrogens with zero attached hydrogens (tertiary/aromatic N) is 3. The summed E-state index contributed by atoms with van der Waals surface area (Å²) in [6.45, 7) is 3.54. The lowest BCUT2D eigenvalue weighted by atomic mass is 10.2. The quantitative estimate of drug-likeness (QED) is 0.816. The van der Waals surface area contributed by atoms with Crippen molar-refractivity contribution in [1.29, 1.82) is 0 Å². The number of fused-ring (bicyclic) bond motifs is 1. The number of para-hydroxylation sites is 1. The number of rotatable bonds is 4. The maximum Gasteiger partial charge on any atom is 0.331 e. The maximum absolute atomic E-state index is 12.4. The van der Waals surface area contributed by atoms with E-state index in [4.69, 9.17) is 0 Å². The Kier molecular flexibility index (Phi) is 3.85. The van der Waals surface area contributed by atoms with Crippen molar-refractivity contribution in [3.8, 4) is 0 Å². The molecular formula is C14H19N3O2. The minimum atomic E-state index is -0.229. The molecule has 1 aromatic heterocycles. The lowest BCUT2D eigenvalue weighted by molar-refractivity contribution is 0.379. The molecule has 5 nitrogen and oxygen atoms in total. The standard InChI is InChI=1S/C14H19N3O2/c1-4-16-13(18)11-7-5-6-8-12(11)17(14(16)19)10-9-15(2)3/h5-8H,4,9-10H2,1-3H3. The van der Waals surface area contributed by atoms with Gasteiger partial charge in [0.05, 0.1) is 10.9 Å². The van der Waals surface area contributed by atoms with Crippen molar-refractivity contribution in [2.45, 2.75) is 20.0 Å². The van der Waals surface area contributed by atoms with Crippen molar-refractivity contribution >= 4 is 10.9 Å². The Morgan fingerprint density at radius 1 is 1.11 bits per heavy atom. The fourth-order valence-electron chi connectivity index (χ4n) is 2.17. The van der Waals surface area contributed by atoms with Crippen LogP contribution in [-0.2, 0) is 13.1 Å². The van der Waals surface area contributed by atoms with Crippen LogP contribution in [0.5, 0.6) is 0 Å². The Labute approximate surface area is 111 Å². The number of benzene rings is 1. The Hall–Kier alpha value is -1.88. The normalized spacial score (nSPS) is 11.4. The average molecular weight is 261 g/mol. The molecule has 19 heavy (non-hydrogen) atoms. The van der Waals surface area contributed by atoms with Crippen LogP contribution in [0.2, 0.25) is 0 Å². The summed E-state index contributed by atoms with van der Waals surface area (Å²) >= 11 is 0. The van der Waals surface area contributed by atoms with Crippen LogP contribution in [0.15, 0.2) is 33.9 Å². The Morgan fingerprint density at radius 3 is 2.42 bits per heavy atom. The number of hydrogen-bond donors (Lipinski definition) is 0. The number of likely N-dealkylation sites (N-methyl/N-ethyl adjacent to an activating group) is 1. The summed E-state index contributed by atoms with van der Waals surface area (Å²) in [5, 5.41) is 0.600. The van der Waals surface area contributed by atoms with Gasteiger partial charge in [-0.15, -0.1) is 0 Å². The Balaban J connectivity index is 2.73. The summed E-state index contributed by atoms with van der Waals surface area (Å²) in [6, 6.07) is 7.28. The fourth-order valence-corrected chi connectivity index (χ4v) is 2.17. The molecule has 0 atom stereocenters. The summed E-state index contributed by atoms with van der Waals surface area (Å²) < 4.78 is 2.97. The first-order valence-electron chi connectivity index (χ1n) is 6.43. The van der Waals surface area contributed by atoms with Crippen LogP contribution in [-0.4, -0.2) is 34.7 Å². The second-order valence-electron chi connectivity index (χ2n) is 4.80. The molecule has 2 aromatic rings. The van der Waals surface area contributed by atoms with E-state index in [0.29, 0.717) is 24.0 Å². The summed E-state index contributed by atoms with van der Waals surface area (Å²) in [5.41, 5.74) is 0.279. The van der Waals surface area contributed by atoms with E-state index in [9.17, 15) is 9.59 Å². The van der Waals surface area contributed by atoms with Gasteiger partial charge in [-0.1, -0.05) is 12.1 Å². The molecule has 0 saturated heterocycles. The zero-order valence-electron chi connectivity index (χ0n) is 11.6. The first kappa shape index (κ1) is 13.5. The second kappa shape index (κ2) is 5.40. The topological polar surface area (TPSA) is 47.2 Å². The van der Waals surface area contributed by atoms with E-state index in [0.717, 1.165) is 6.54 Å². The highest BCUT2D eigenvalue weighted by molar-refractivity contribution is 5.77. The number of hydrogen-bond acceptors (Lipinski definition) is 3. The summed E-state index contributed by atoms with van der Waals surface area (Å²) in [7, 11) is 3.92. The zero-order chi connectivity index (χ0) is 14.0. The predicted molar refractivity (Wildman–Crippen MR) is 76.7 cm³/mol. The van der Waals surface area contributed by atoms with Gasteiger partial charge >= 0.3 is 5.69 Å². The Morgan fingerprint density at radius 2 is 1.79 bits per heavy atom. The molecule has 0 amide bonds. The monoisotopic (exact) mass is 261 g/mol. The van der Waals surface area contributed by atoms with E-state index in [2.05, 4.69) is 0 Å². The first-order valence-corrected chi connectivity index (χ1v) is 6.43. The molecule has 0 fully saturated rings. The van der Waals surface area contributed by atoms with Gasteiger partial charge in [-0.2, -0.15) is 0 Å². The van der Waals surface area contributed by atoms with Crippen molar-refractivity contribution in [2.24, 2.45) is 0 Å². The third-order valence-electron chi connectivity index (χ3n) is 3.22. The van der Waals surface area contributed by atoms with Crippen LogP contribution < -0.4 is 11.2 Å². The van der Waals surface area contributed by atoms with Crippen molar-refractivity contribution in [2.75, 3.05) is 20.6 Å². The smallest absolute Gasteiger partial charge is 0.308 e. The number of aromatic nitrogens is 2. The molecule has 0 radical (unpaired) electrons. The molecule has 0 aliphatic carbocycles. The summed E-state index contributed by atoms with van der Waals surface area (Å²) in [6.07, 6.45) is 0. The van der Waals surface area contributed by atoms with Gasteiger partial charge in [0.15, 0.2) is 0 Å². The second-order valence-corrected chi connectivity index (χ2v) is 4.80. The van der Waals surface area contributed by atoms with Gasteiger partial charge in [0, 0.05) is 19.6 Å². The van der Waals surface area contributed by atoms with Crippen LogP contribution in [0, 0.1) is 0 Å². The molecule has 0 N–H and O–H groups in total.